The Labute approximate surface area is 140 Å². The molecule has 0 amide bonds. The van der Waals surface area contributed by atoms with Gasteiger partial charge in [-0.25, -0.2) is 4.39 Å². The van der Waals surface area contributed by atoms with Crippen molar-refractivity contribution >= 4 is 56.4 Å². The lowest BCUT2D eigenvalue weighted by molar-refractivity contribution is 0.624. The van der Waals surface area contributed by atoms with Crippen molar-refractivity contribution in [1.82, 2.24) is 0 Å². The number of benzene rings is 2. The van der Waals surface area contributed by atoms with E-state index >= 15 is 0 Å². The molecular weight excluding hydrogens is 387 g/mol. The standard InChI is InChI=1S/C14H10BrCl3FN/c1-7(9-5-13(19)12(18)6-11(9)17)20-14-4-8(15)2-3-10(14)16/h2-7,20H,1H3. The van der Waals surface area contributed by atoms with Gasteiger partial charge in [-0.15, -0.1) is 0 Å². The van der Waals surface area contributed by atoms with E-state index in [0.717, 1.165) is 10.2 Å². The quantitative estimate of drug-likeness (QED) is 0.567. The molecule has 106 valence electrons. The predicted octanol–water partition coefficient (Wildman–Crippen LogP) is 6.72. The molecule has 0 bridgehead atoms. The second kappa shape index (κ2) is 6.52. The van der Waals surface area contributed by atoms with E-state index in [1.807, 2.05) is 19.1 Å². The first-order valence-corrected chi connectivity index (χ1v) is 7.67. The highest BCUT2D eigenvalue weighted by Gasteiger charge is 2.14. The van der Waals surface area contributed by atoms with Gasteiger partial charge in [0.1, 0.15) is 5.82 Å². The van der Waals surface area contributed by atoms with Crippen LogP contribution in [0.25, 0.3) is 0 Å². The van der Waals surface area contributed by atoms with E-state index in [0.29, 0.717) is 15.6 Å². The van der Waals surface area contributed by atoms with Gasteiger partial charge >= 0.3 is 0 Å². The Kier molecular flexibility index (Phi) is 5.19. The van der Waals surface area contributed by atoms with Crippen LogP contribution in [0.2, 0.25) is 15.1 Å². The monoisotopic (exact) mass is 395 g/mol. The summed E-state index contributed by atoms with van der Waals surface area (Å²) in [6, 6.07) is 7.96. The molecule has 1 unspecified atom stereocenters. The minimum Gasteiger partial charge on any atom is -0.377 e. The van der Waals surface area contributed by atoms with Gasteiger partial charge in [0.15, 0.2) is 0 Å². The summed E-state index contributed by atoms with van der Waals surface area (Å²) in [5.41, 5.74) is 1.35. The highest BCUT2D eigenvalue weighted by Crippen LogP contribution is 2.33. The minimum atomic E-state index is -0.500. The highest BCUT2D eigenvalue weighted by molar-refractivity contribution is 9.10. The zero-order chi connectivity index (χ0) is 14.9. The van der Waals surface area contributed by atoms with Crippen LogP contribution in [0.3, 0.4) is 0 Å². The van der Waals surface area contributed by atoms with Crippen LogP contribution >= 0.6 is 50.7 Å². The van der Waals surface area contributed by atoms with Crippen molar-refractivity contribution in [3.8, 4) is 0 Å². The third kappa shape index (κ3) is 3.59. The minimum absolute atomic E-state index is 0.00596. The molecule has 2 aromatic rings. The number of rotatable bonds is 3. The van der Waals surface area contributed by atoms with E-state index in [-0.39, 0.29) is 11.1 Å². The Morgan fingerprint density at radius 3 is 2.45 bits per heavy atom. The molecule has 2 aromatic carbocycles. The largest absolute Gasteiger partial charge is 0.377 e. The molecule has 0 aromatic heterocycles. The van der Waals surface area contributed by atoms with Crippen LogP contribution in [-0.4, -0.2) is 0 Å². The fourth-order valence-corrected chi connectivity index (χ4v) is 2.87. The maximum atomic E-state index is 13.5. The van der Waals surface area contributed by atoms with Gasteiger partial charge in [-0.1, -0.05) is 50.7 Å². The summed E-state index contributed by atoms with van der Waals surface area (Å²) in [4.78, 5) is 0. The van der Waals surface area contributed by atoms with Crippen LogP contribution in [0.1, 0.15) is 18.5 Å². The Balaban J connectivity index is 2.30. The van der Waals surface area contributed by atoms with Crippen molar-refractivity contribution < 1.29 is 4.39 Å². The molecule has 6 heteroatoms. The van der Waals surface area contributed by atoms with Crippen LogP contribution in [0.4, 0.5) is 10.1 Å². The molecule has 0 heterocycles. The number of halogens is 5. The van der Waals surface area contributed by atoms with Crippen LogP contribution < -0.4 is 5.32 Å². The molecule has 0 fully saturated rings. The van der Waals surface area contributed by atoms with Gasteiger partial charge in [-0.2, -0.15) is 0 Å². The lowest BCUT2D eigenvalue weighted by atomic mass is 10.1. The summed E-state index contributed by atoms with van der Waals surface area (Å²) in [5, 5.41) is 4.18. The van der Waals surface area contributed by atoms with E-state index < -0.39 is 5.82 Å². The Morgan fingerprint density at radius 1 is 1.05 bits per heavy atom. The average Bonchev–Trinajstić information content (AvgIpc) is 2.38. The number of hydrogen-bond donors (Lipinski definition) is 1. The van der Waals surface area contributed by atoms with Gasteiger partial charge < -0.3 is 5.32 Å². The summed E-state index contributed by atoms with van der Waals surface area (Å²) in [5.74, 6) is -0.500. The first kappa shape index (κ1) is 15.9. The molecule has 1 N–H and O–H groups in total. The topological polar surface area (TPSA) is 12.0 Å². The molecule has 1 nitrogen and oxygen atoms in total. The van der Waals surface area contributed by atoms with Crippen molar-refractivity contribution in [3.63, 3.8) is 0 Å². The Bertz CT molecular complexity index is 649. The summed E-state index contributed by atoms with van der Waals surface area (Å²) in [6.07, 6.45) is 0. The van der Waals surface area contributed by atoms with E-state index in [1.165, 1.54) is 12.1 Å². The second-order valence-electron chi connectivity index (χ2n) is 4.28. The summed E-state index contributed by atoms with van der Waals surface area (Å²) in [6.45, 7) is 1.87. The maximum absolute atomic E-state index is 13.5. The van der Waals surface area contributed by atoms with Gasteiger partial charge in [-0.05, 0) is 42.8 Å². The molecule has 1 atom stereocenters. The third-order valence-corrected chi connectivity index (χ3v) is 4.25. The zero-order valence-corrected chi connectivity index (χ0v) is 14.2. The molecule has 0 aliphatic heterocycles. The second-order valence-corrected chi connectivity index (χ2v) is 6.42. The van der Waals surface area contributed by atoms with E-state index in [1.54, 1.807) is 6.07 Å². The lowest BCUT2D eigenvalue weighted by Crippen LogP contribution is -2.08. The number of hydrogen-bond acceptors (Lipinski definition) is 1. The summed E-state index contributed by atoms with van der Waals surface area (Å²) >= 11 is 21.3. The van der Waals surface area contributed by atoms with Gasteiger partial charge in [-0.3, -0.25) is 0 Å². The normalized spacial score (nSPS) is 12.3. The van der Waals surface area contributed by atoms with Crippen LogP contribution in [-0.2, 0) is 0 Å². The average molecular weight is 398 g/mol. The molecular formula is C14H10BrCl3FN. The lowest BCUT2D eigenvalue weighted by Gasteiger charge is -2.18. The fraction of sp³-hybridized carbons (Fsp3) is 0.143. The van der Waals surface area contributed by atoms with E-state index in [2.05, 4.69) is 21.2 Å². The summed E-state index contributed by atoms with van der Waals surface area (Å²) in [7, 11) is 0. The number of anilines is 1. The van der Waals surface area contributed by atoms with Crippen molar-refractivity contribution in [1.29, 1.82) is 0 Å². The number of nitrogens with one attached hydrogen (secondary N) is 1. The molecule has 2 rings (SSSR count). The first-order chi connectivity index (χ1) is 9.38. The molecule has 0 saturated carbocycles. The zero-order valence-electron chi connectivity index (χ0n) is 10.4. The molecule has 0 saturated heterocycles. The smallest absolute Gasteiger partial charge is 0.142 e. The van der Waals surface area contributed by atoms with Crippen molar-refractivity contribution in [2.75, 3.05) is 5.32 Å². The summed E-state index contributed by atoms with van der Waals surface area (Å²) < 4.78 is 14.4. The first-order valence-electron chi connectivity index (χ1n) is 5.74. The molecule has 20 heavy (non-hydrogen) atoms. The van der Waals surface area contributed by atoms with Crippen molar-refractivity contribution in [2.45, 2.75) is 13.0 Å². The SMILES string of the molecule is CC(Nc1cc(Br)ccc1Cl)c1cc(F)c(Cl)cc1Cl. The Morgan fingerprint density at radius 2 is 1.75 bits per heavy atom. The van der Waals surface area contributed by atoms with Crippen LogP contribution in [0, 0.1) is 5.82 Å². The van der Waals surface area contributed by atoms with E-state index in [9.17, 15) is 4.39 Å². The van der Waals surface area contributed by atoms with Crippen molar-refractivity contribution in [2.24, 2.45) is 0 Å². The fourth-order valence-electron chi connectivity index (χ4n) is 1.79. The molecule has 0 spiro atoms. The van der Waals surface area contributed by atoms with E-state index in [4.69, 9.17) is 34.8 Å². The Hall–Kier alpha value is -0.480. The maximum Gasteiger partial charge on any atom is 0.142 e. The predicted molar refractivity (Wildman–Crippen MR) is 87.6 cm³/mol. The molecule has 0 radical (unpaired) electrons. The van der Waals surface area contributed by atoms with Gasteiger partial charge in [0, 0.05) is 9.50 Å². The third-order valence-electron chi connectivity index (χ3n) is 2.81. The van der Waals surface area contributed by atoms with Gasteiger partial charge in [0.2, 0.25) is 0 Å². The van der Waals surface area contributed by atoms with Gasteiger partial charge in [0.25, 0.3) is 0 Å². The van der Waals surface area contributed by atoms with Gasteiger partial charge in [0.05, 0.1) is 21.8 Å². The van der Waals surface area contributed by atoms with Crippen LogP contribution in [0.5, 0.6) is 0 Å². The molecule has 0 aliphatic rings. The van der Waals surface area contributed by atoms with Crippen LogP contribution in [0.15, 0.2) is 34.8 Å². The molecule has 0 aliphatic carbocycles. The van der Waals surface area contributed by atoms with Crippen molar-refractivity contribution in [3.05, 3.63) is 61.3 Å². The highest BCUT2D eigenvalue weighted by atomic mass is 79.9.